The second-order valence-electron chi connectivity index (χ2n) is 7.00. The van der Waals surface area contributed by atoms with Gasteiger partial charge < -0.3 is 10.1 Å². The van der Waals surface area contributed by atoms with Crippen LogP contribution in [0.3, 0.4) is 0 Å². The molecular weight excluding hydrogens is 414 g/mol. The molecule has 0 unspecified atom stereocenters. The van der Waals surface area contributed by atoms with Crippen molar-refractivity contribution in [1.82, 2.24) is 19.3 Å². The van der Waals surface area contributed by atoms with Gasteiger partial charge in [-0.1, -0.05) is 11.8 Å². The number of nitrogens with one attached hydrogen (secondary N) is 3. The third kappa shape index (κ3) is 3.57. The summed E-state index contributed by atoms with van der Waals surface area (Å²) >= 11 is 1.22. The van der Waals surface area contributed by atoms with Gasteiger partial charge in [0.25, 0.3) is 5.91 Å². The van der Waals surface area contributed by atoms with Crippen LogP contribution < -0.4 is 15.5 Å². The number of aryl methyl sites for hydroxylation is 1. The third-order valence-electron chi connectivity index (χ3n) is 4.83. The Hall–Kier alpha value is -3.92. The number of thioether (sulfide) groups is 1. The second kappa shape index (κ2) is 7.40. The molecule has 1 aliphatic heterocycles. The zero-order valence-electron chi connectivity index (χ0n) is 16.4. The van der Waals surface area contributed by atoms with Crippen LogP contribution in [0.25, 0.3) is 22.0 Å². The van der Waals surface area contributed by atoms with Gasteiger partial charge in [-0.15, -0.1) is 0 Å². The largest absolute Gasteiger partial charge is 0.481 e. The van der Waals surface area contributed by atoms with Crippen molar-refractivity contribution in [3.05, 3.63) is 60.6 Å². The van der Waals surface area contributed by atoms with Gasteiger partial charge in [-0.3, -0.25) is 29.8 Å². The molecule has 0 bridgehead atoms. The lowest BCUT2D eigenvalue weighted by Gasteiger charge is -2.19. The Labute approximate surface area is 180 Å². The highest BCUT2D eigenvalue weighted by Gasteiger charge is 2.19. The lowest BCUT2D eigenvalue weighted by Crippen LogP contribution is -2.25. The van der Waals surface area contributed by atoms with Gasteiger partial charge in [0.1, 0.15) is 11.2 Å². The number of hydrogen-bond donors (Lipinski definition) is 3. The first-order valence-corrected chi connectivity index (χ1v) is 10.2. The Kier molecular flexibility index (Phi) is 4.55. The van der Waals surface area contributed by atoms with Crippen LogP contribution in [-0.2, 0) is 11.8 Å². The molecule has 0 fully saturated rings. The van der Waals surface area contributed by atoms with Crippen molar-refractivity contribution in [2.75, 3.05) is 11.9 Å². The van der Waals surface area contributed by atoms with Gasteiger partial charge in [0.15, 0.2) is 17.5 Å². The van der Waals surface area contributed by atoms with Crippen LogP contribution >= 0.6 is 11.8 Å². The maximum atomic E-state index is 11.6. The van der Waals surface area contributed by atoms with Crippen LogP contribution in [0.4, 0.5) is 5.69 Å². The van der Waals surface area contributed by atoms with Gasteiger partial charge in [-0.05, 0) is 30.3 Å². The summed E-state index contributed by atoms with van der Waals surface area (Å²) in [6, 6.07) is 9.11. The number of hydrogen-bond acceptors (Lipinski definition) is 7. The number of benzene rings is 1. The quantitative estimate of drug-likeness (QED) is 0.256. The Morgan fingerprint density at radius 3 is 2.87 bits per heavy atom. The van der Waals surface area contributed by atoms with Gasteiger partial charge in [0, 0.05) is 40.8 Å². The van der Waals surface area contributed by atoms with E-state index < -0.39 is 0 Å². The molecule has 0 spiro atoms. The van der Waals surface area contributed by atoms with Crippen molar-refractivity contribution in [1.29, 1.82) is 10.8 Å². The highest BCUT2D eigenvalue weighted by atomic mass is 32.2. The number of amides is 1. The molecule has 3 N–H and O–H groups in total. The standard InChI is InChI=1S/C21H17N7O2S/c1-27-9-13(7-25-27)12-2-5-18(22)28(10-12)21(23)31-14-3-4-16-15(6-14)20-17(8-24-16)26-19(29)11-30-20/h2-10,22-23H,11H2,1H3,(H,26,29). The predicted octanol–water partition coefficient (Wildman–Crippen LogP) is 2.82. The van der Waals surface area contributed by atoms with Crippen molar-refractivity contribution >= 4 is 39.4 Å². The lowest BCUT2D eigenvalue weighted by atomic mass is 10.1. The van der Waals surface area contributed by atoms with Crippen molar-refractivity contribution in [3.8, 4) is 16.9 Å². The maximum Gasteiger partial charge on any atom is 0.262 e. The van der Waals surface area contributed by atoms with E-state index in [9.17, 15) is 4.79 Å². The minimum Gasteiger partial charge on any atom is -0.481 e. The molecule has 31 heavy (non-hydrogen) atoms. The smallest absolute Gasteiger partial charge is 0.262 e. The fourth-order valence-electron chi connectivity index (χ4n) is 3.35. The number of fused-ring (bicyclic) bond motifs is 3. The number of carbonyl (C=O) groups is 1. The van der Waals surface area contributed by atoms with Crippen LogP contribution in [0.15, 0.2) is 60.0 Å². The van der Waals surface area contributed by atoms with Crippen LogP contribution in [0.2, 0.25) is 0 Å². The van der Waals surface area contributed by atoms with E-state index in [4.69, 9.17) is 15.6 Å². The molecular formula is C21H17N7O2S. The van der Waals surface area contributed by atoms with Crippen LogP contribution in [0.5, 0.6) is 5.75 Å². The molecule has 1 aliphatic rings. The number of anilines is 1. The summed E-state index contributed by atoms with van der Waals surface area (Å²) in [5, 5.41) is 24.7. The van der Waals surface area contributed by atoms with Gasteiger partial charge in [-0.2, -0.15) is 5.10 Å². The fraction of sp³-hybridized carbons (Fsp3) is 0.0952. The summed E-state index contributed by atoms with van der Waals surface area (Å²) in [4.78, 5) is 16.7. The number of carbonyl (C=O) groups excluding carboxylic acids is 1. The Morgan fingerprint density at radius 1 is 1.19 bits per heavy atom. The topological polar surface area (TPSA) is 122 Å². The van der Waals surface area contributed by atoms with Gasteiger partial charge >= 0.3 is 0 Å². The van der Waals surface area contributed by atoms with Crippen LogP contribution in [-0.4, -0.2) is 37.0 Å². The number of nitrogens with zero attached hydrogens (tertiary/aromatic N) is 4. The highest BCUT2D eigenvalue weighted by molar-refractivity contribution is 8.13. The molecule has 0 saturated carbocycles. The average Bonchev–Trinajstić information content (AvgIpc) is 3.20. The van der Waals surface area contributed by atoms with Crippen molar-refractivity contribution in [3.63, 3.8) is 0 Å². The van der Waals surface area contributed by atoms with E-state index in [1.807, 2.05) is 37.5 Å². The highest BCUT2D eigenvalue weighted by Crippen LogP contribution is 2.36. The summed E-state index contributed by atoms with van der Waals surface area (Å²) < 4.78 is 8.85. The summed E-state index contributed by atoms with van der Waals surface area (Å²) in [6.45, 7) is -0.0432. The Morgan fingerprint density at radius 2 is 2.06 bits per heavy atom. The number of rotatable bonds is 2. The first kappa shape index (κ1) is 19.1. The van der Waals surface area contributed by atoms with E-state index in [2.05, 4.69) is 15.4 Å². The number of aromatic nitrogens is 4. The van der Waals surface area contributed by atoms with Crippen molar-refractivity contribution in [2.24, 2.45) is 7.05 Å². The molecule has 0 radical (unpaired) electrons. The average molecular weight is 431 g/mol. The molecule has 10 heteroatoms. The van der Waals surface area contributed by atoms with Gasteiger partial charge in [0.05, 0.1) is 17.9 Å². The normalized spacial score (nSPS) is 12.9. The van der Waals surface area contributed by atoms with Crippen molar-refractivity contribution in [2.45, 2.75) is 4.90 Å². The monoisotopic (exact) mass is 431 g/mol. The predicted molar refractivity (Wildman–Crippen MR) is 117 cm³/mol. The minimum atomic E-state index is -0.214. The molecule has 9 nitrogen and oxygen atoms in total. The molecule has 0 saturated heterocycles. The first-order chi connectivity index (χ1) is 15.0. The van der Waals surface area contributed by atoms with Crippen molar-refractivity contribution < 1.29 is 9.53 Å². The molecule has 0 atom stereocenters. The molecule has 1 aromatic carbocycles. The van der Waals surface area contributed by atoms with Gasteiger partial charge in [0.2, 0.25) is 0 Å². The maximum absolute atomic E-state index is 11.6. The molecule has 5 rings (SSSR count). The second-order valence-corrected chi connectivity index (χ2v) is 8.06. The van der Waals surface area contributed by atoms with E-state index in [0.29, 0.717) is 11.4 Å². The first-order valence-electron chi connectivity index (χ1n) is 9.36. The summed E-state index contributed by atoms with van der Waals surface area (Å²) in [7, 11) is 1.84. The number of ether oxygens (including phenoxy) is 1. The van der Waals surface area contributed by atoms with Crippen LogP contribution in [0, 0.1) is 10.8 Å². The zero-order valence-corrected chi connectivity index (χ0v) is 17.2. The number of pyridine rings is 2. The summed E-state index contributed by atoms with van der Waals surface area (Å²) in [5.41, 5.74) is 3.26. The summed E-state index contributed by atoms with van der Waals surface area (Å²) in [6.07, 6.45) is 6.98. The zero-order chi connectivity index (χ0) is 21.5. The third-order valence-corrected chi connectivity index (χ3v) is 5.71. The van der Waals surface area contributed by atoms with E-state index >= 15 is 0 Å². The molecule has 4 aromatic rings. The summed E-state index contributed by atoms with van der Waals surface area (Å²) in [5.74, 6) is 0.361. The SMILES string of the molecule is Cn1cc(-c2ccc(=N)n(C(=N)Sc3ccc4ncc5c(c4c3)OCC(=O)N5)c2)cn1. The molecule has 3 aromatic heterocycles. The van der Waals surface area contributed by atoms with E-state index in [-0.39, 0.29) is 23.2 Å². The van der Waals surface area contributed by atoms with E-state index in [1.165, 1.54) is 16.3 Å². The molecule has 0 aliphatic carbocycles. The molecule has 154 valence electrons. The lowest BCUT2D eigenvalue weighted by molar-refractivity contribution is -0.118. The minimum absolute atomic E-state index is 0.0432. The van der Waals surface area contributed by atoms with E-state index in [0.717, 1.165) is 26.9 Å². The van der Waals surface area contributed by atoms with Crippen LogP contribution in [0.1, 0.15) is 0 Å². The van der Waals surface area contributed by atoms with E-state index in [1.54, 1.807) is 29.3 Å². The fourth-order valence-corrected chi connectivity index (χ4v) is 4.14. The van der Waals surface area contributed by atoms with Gasteiger partial charge in [-0.25, -0.2) is 0 Å². The molecule has 4 heterocycles. The molecule has 1 amide bonds. The Bertz CT molecular complexity index is 1420. The Balaban J connectivity index is 1.48.